The number of hydrazine groups is 1. The maximum atomic E-state index is 10.8. The number of fused-ring (bicyclic) bond motifs is 1. The minimum absolute atomic E-state index is 0.765. The summed E-state index contributed by atoms with van der Waals surface area (Å²) in [4.78, 5) is 14.0. The molecule has 1 aromatic rings. The molecule has 1 aliphatic heterocycles. The van der Waals surface area contributed by atoms with Crippen LogP contribution in [0.4, 0.5) is 4.79 Å². The van der Waals surface area contributed by atoms with Crippen molar-refractivity contribution in [1.82, 2.24) is 15.4 Å². The van der Waals surface area contributed by atoms with Gasteiger partial charge in [-0.2, -0.15) is 0 Å². The van der Waals surface area contributed by atoms with Gasteiger partial charge in [-0.1, -0.05) is 0 Å². The Bertz CT molecular complexity index is 490. The van der Waals surface area contributed by atoms with E-state index in [-0.39, 0.29) is 0 Å². The standard InChI is InChI=1S/C12H15N3O2/c16-12(17)14-15-5-1-2-9-6-8-3-4-13-10(8)7-11(9)15/h3-4,13-14H,1-2,5-7H2,(H,16,17). The Morgan fingerprint density at radius 2 is 2.35 bits per heavy atom. The smallest absolute Gasteiger partial charge is 0.423 e. The first kappa shape index (κ1) is 10.3. The Kier molecular flexibility index (Phi) is 2.31. The van der Waals surface area contributed by atoms with Gasteiger partial charge in [0.05, 0.1) is 0 Å². The molecule has 2 aliphatic rings. The first-order valence-electron chi connectivity index (χ1n) is 5.87. The second-order valence-electron chi connectivity index (χ2n) is 4.56. The molecular weight excluding hydrogens is 218 g/mol. The van der Waals surface area contributed by atoms with E-state index in [1.165, 1.54) is 16.8 Å². The maximum Gasteiger partial charge on any atom is 0.423 e. The van der Waals surface area contributed by atoms with E-state index in [4.69, 9.17) is 5.11 Å². The van der Waals surface area contributed by atoms with E-state index in [1.54, 1.807) is 5.01 Å². The van der Waals surface area contributed by atoms with Crippen molar-refractivity contribution in [3.63, 3.8) is 0 Å². The molecule has 3 N–H and O–H groups in total. The van der Waals surface area contributed by atoms with Crippen molar-refractivity contribution in [2.45, 2.75) is 25.7 Å². The molecule has 0 atom stereocenters. The van der Waals surface area contributed by atoms with Gasteiger partial charge >= 0.3 is 6.09 Å². The van der Waals surface area contributed by atoms with Crippen LogP contribution in [0.1, 0.15) is 24.1 Å². The molecule has 0 saturated heterocycles. The van der Waals surface area contributed by atoms with Gasteiger partial charge in [0.1, 0.15) is 0 Å². The molecule has 0 spiro atoms. The molecular formula is C12H15N3O2. The fourth-order valence-electron chi connectivity index (χ4n) is 2.73. The summed E-state index contributed by atoms with van der Waals surface area (Å²) in [6, 6.07) is 2.11. The van der Waals surface area contributed by atoms with Crippen molar-refractivity contribution >= 4 is 6.09 Å². The van der Waals surface area contributed by atoms with Gasteiger partial charge in [0, 0.05) is 30.6 Å². The van der Waals surface area contributed by atoms with Crippen LogP contribution in [0.25, 0.3) is 0 Å². The summed E-state index contributed by atoms with van der Waals surface area (Å²) in [5.41, 5.74) is 7.55. The molecule has 5 nitrogen and oxygen atoms in total. The number of allylic oxidation sites excluding steroid dienone is 2. The summed E-state index contributed by atoms with van der Waals surface area (Å²) in [5.74, 6) is 0. The minimum Gasteiger partial charge on any atom is -0.464 e. The van der Waals surface area contributed by atoms with E-state index in [0.717, 1.165) is 37.9 Å². The number of aromatic amines is 1. The largest absolute Gasteiger partial charge is 0.464 e. The van der Waals surface area contributed by atoms with Crippen molar-refractivity contribution in [2.75, 3.05) is 6.54 Å². The molecule has 0 bridgehead atoms. The lowest BCUT2D eigenvalue weighted by Crippen LogP contribution is -2.44. The summed E-state index contributed by atoms with van der Waals surface area (Å²) >= 11 is 0. The van der Waals surface area contributed by atoms with Crippen molar-refractivity contribution in [3.05, 3.63) is 34.8 Å². The molecule has 2 heterocycles. The predicted molar refractivity (Wildman–Crippen MR) is 62.3 cm³/mol. The van der Waals surface area contributed by atoms with Crippen LogP contribution in [0, 0.1) is 0 Å². The zero-order valence-corrected chi connectivity index (χ0v) is 9.49. The summed E-state index contributed by atoms with van der Waals surface area (Å²) in [6.07, 6.45) is 4.81. The number of amides is 1. The lowest BCUT2D eigenvalue weighted by Gasteiger charge is -2.35. The molecule has 5 heteroatoms. The molecule has 0 fully saturated rings. The van der Waals surface area contributed by atoms with Crippen LogP contribution >= 0.6 is 0 Å². The van der Waals surface area contributed by atoms with Crippen LogP contribution in [0.2, 0.25) is 0 Å². The van der Waals surface area contributed by atoms with Crippen LogP contribution in [0.3, 0.4) is 0 Å². The Morgan fingerprint density at radius 3 is 3.18 bits per heavy atom. The maximum absolute atomic E-state index is 10.8. The van der Waals surface area contributed by atoms with Crippen LogP contribution in [-0.2, 0) is 12.8 Å². The van der Waals surface area contributed by atoms with Crippen molar-refractivity contribution < 1.29 is 9.90 Å². The number of aromatic nitrogens is 1. The lowest BCUT2D eigenvalue weighted by atomic mass is 9.89. The van der Waals surface area contributed by atoms with Crippen molar-refractivity contribution in [2.24, 2.45) is 0 Å². The fourth-order valence-corrected chi connectivity index (χ4v) is 2.73. The number of nitrogens with one attached hydrogen (secondary N) is 2. The van der Waals surface area contributed by atoms with Crippen LogP contribution in [0.15, 0.2) is 23.5 Å². The predicted octanol–water partition coefficient (Wildman–Crippen LogP) is 1.65. The molecule has 0 radical (unpaired) electrons. The highest BCUT2D eigenvalue weighted by Gasteiger charge is 2.26. The van der Waals surface area contributed by atoms with Crippen LogP contribution in [-0.4, -0.2) is 27.7 Å². The summed E-state index contributed by atoms with van der Waals surface area (Å²) in [5, 5.41) is 10.6. The average molecular weight is 233 g/mol. The molecule has 0 aromatic carbocycles. The topological polar surface area (TPSA) is 68.4 Å². The third-order valence-corrected chi connectivity index (χ3v) is 3.50. The highest BCUT2D eigenvalue weighted by Crippen LogP contribution is 2.32. The van der Waals surface area contributed by atoms with Crippen molar-refractivity contribution in [3.8, 4) is 0 Å². The molecule has 3 rings (SSSR count). The first-order chi connectivity index (χ1) is 8.24. The van der Waals surface area contributed by atoms with E-state index in [0.29, 0.717) is 0 Å². The molecule has 0 saturated carbocycles. The second-order valence-corrected chi connectivity index (χ2v) is 4.56. The Morgan fingerprint density at radius 1 is 1.47 bits per heavy atom. The van der Waals surface area contributed by atoms with E-state index < -0.39 is 6.09 Å². The second kappa shape index (κ2) is 3.84. The quantitative estimate of drug-likeness (QED) is 0.690. The summed E-state index contributed by atoms with van der Waals surface area (Å²) in [6.45, 7) is 0.765. The number of H-pyrrole nitrogens is 1. The van der Waals surface area contributed by atoms with Gasteiger partial charge in [0.2, 0.25) is 0 Å². The molecule has 1 aliphatic carbocycles. The van der Waals surface area contributed by atoms with Crippen LogP contribution in [0.5, 0.6) is 0 Å². The number of carbonyl (C=O) groups is 1. The molecule has 0 unspecified atom stereocenters. The van der Waals surface area contributed by atoms with E-state index in [1.807, 2.05) is 6.20 Å². The van der Waals surface area contributed by atoms with Gasteiger partial charge in [-0.05, 0) is 36.5 Å². The fraction of sp³-hybridized carbons (Fsp3) is 0.417. The van der Waals surface area contributed by atoms with Crippen molar-refractivity contribution in [1.29, 1.82) is 0 Å². The minimum atomic E-state index is -0.990. The van der Waals surface area contributed by atoms with E-state index >= 15 is 0 Å². The molecule has 1 aromatic heterocycles. The number of nitrogens with zero attached hydrogens (tertiary/aromatic N) is 1. The Hall–Kier alpha value is -1.91. The Labute approximate surface area is 99.1 Å². The lowest BCUT2D eigenvalue weighted by molar-refractivity contribution is 0.150. The summed E-state index contributed by atoms with van der Waals surface area (Å²) in [7, 11) is 0. The number of carboxylic acid groups (broad SMARTS) is 1. The first-order valence-corrected chi connectivity index (χ1v) is 5.87. The molecule has 17 heavy (non-hydrogen) atoms. The third kappa shape index (κ3) is 1.77. The van der Waals surface area contributed by atoms with Gasteiger partial charge in [-0.3, -0.25) is 5.01 Å². The normalized spacial score (nSPS) is 18.7. The van der Waals surface area contributed by atoms with Crippen LogP contribution < -0.4 is 5.43 Å². The molecule has 1 amide bonds. The molecule has 90 valence electrons. The Balaban J connectivity index is 1.89. The van der Waals surface area contributed by atoms with Gasteiger partial charge in [-0.15, -0.1) is 0 Å². The summed E-state index contributed by atoms with van der Waals surface area (Å²) < 4.78 is 0. The number of hydrogen-bond donors (Lipinski definition) is 3. The highest BCUT2D eigenvalue weighted by atomic mass is 16.4. The van der Waals surface area contributed by atoms with E-state index in [2.05, 4.69) is 16.5 Å². The van der Waals surface area contributed by atoms with E-state index in [9.17, 15) is 4.79 Å². The third-order valence-electron chi connectivity index (χ3n) is 3.50. The zero-order chi connectivity index (χ0) is 11.8. The monoisotopic (exact) mass is 233 g/mol. The SMILES string of the molecule is O=C(O)NN1CCCC2=C1Cc1[nH]ccc1C2. The van der Waals surface area contributed by atoms with Gasteiger partial charge in [0.15, 0.2) is 0 Å². The number of rotatable bonds is 1. The average Bonchev–Trinajstić information content (AvgIpc) is 2.73. The van der Waals surface area contributed by atoms with Gasteiger partial charge in [-0.25, -0.2) is 10.2 Å². The zero-order valence-electron chi connectivity index (χ0n) is 9.49. The van der Waals surface area contributed by atoms with Gasteiger partial charge < -0.3 is 10.1 Å². The van der Waals surface area contributed by atoms with Gasteiger partial charge in [0.25, 0.3) is 0 Å². The number of hydrogen-bond acceptors (Lipinski definition) is 2. The highest BCUT2D eigenvalue weighted by molar-refractivity contribution is 5.64.